The second-order valence-electron chi connectivity index (χ2n) is 8.07. The van der Waals surface area contributed by atoms with Crippen molar-refractivity contribution in [1.29, 1.82) is 0 Å². The molecule has 1 unspecified atom stereocenters. The van der Waals surface area contributed by atoms with Crippen LogP contribution in [0.25, 0.3) is 5.69 Å². The zero-order chi connectivity index (χ0) is 21.8. The number of likely N-dealkylation sites (tertiary alicyclic amines) is 1. The highest BCUT2D eigenvalue weighted by atomic mass is 32.2. The van der Waals surface area contributed by atoms with E-state index in [4.69, 9.17) is 0 Å². The molecule has 1 aromatic heterocycles. The van der Waals surface area contributed by atoms with Gasteiger partial charge in [0.1, 0.15) is 0 Å². The van der Waals surface area contributed by atoms with Crippen LogP contribution in [0.2, 0.25) is 0 Å². The smallest absolute Gasteiger partial charge is 0.237 e. The van der Waals surface area contributed by atoms with E-state index in [0.29, 0.717) is 0 Å². The van der Waals surface area contributed by atoms with Gasteiger partial charge in [-0.3, -0.25) is 14.3 Å². The summed E-state index contributed by atoms with van der Waals surface area (Å²) in [6, 6.07) is 16.2. The molecule has 4 rings (SSSR count). The van der Waals surface area contributed by atoms with Gasteiger partial charge in [-0.1, -0.05) is 48.2 Å². The van der Waals surface area contributed by atoms with Crippen LogP contribution in [0.15, 0.2) is 53.7 Å². The fraction of sp³-hybridized carbons (Fsp3) is 0.375. The molecule has 0 spiro atoms. The second-order valence-corrected chi connectivity index (χ2v) is 9.38. The normalized spacial score (nSPS) is 15.2. The summed E-state index contributed by atoms with van der Waals surface area (Å²) in [4.78, 5) is 15.4. The molecule has 7 heteroatoms. The number of carbonyl (C=O) groups excluding carboxylic acids is 1. The van der Waals surface area contributed by atoms with Crippen molar-refractivity contribution in [2.45, 2.75) is 50.6 Å². The van der Waals surface area contributed by atoms with Gasteiger partial charge in [-0.25, -0.2) is 0 Å². The molecule has 2 heterocycles. The van der Waals surface area contributed by atoms with Crippen LogP contribution >= 0.6 is 11.8 Å². The van der Waals surface area contributed by atoms with Gasteiger partial charge in [-0.15, -0.1) is 10.2 Å². The molecule has 0 bridgehead atoms. The molecular weight excluding hydrogens is 406 g/mol. The maximum atomic E-state index is 13.0. The molecule has 1 aliphatic heterocycles. The van der Waals surface area contributed by atoms with Crippen molar-refractivity contribution in [3.8, 4) is 5.69 Å². The number of benzene rings is 2. The third-order valence-electron chi connectivity index (χ3n) is 5.66. The highest BCUT2D eigenvalue weighted by molar-refractivity contribution is 8.00. The number of nitrogens with zero attached hydrogens (tertiary/aromatic N) is 4. The number of thioether (sulfide) groups is 1. The predicted octanol–water partition coefficient (Wildman–Crippen LogP) is 4.60. The lowest BCUT2D eigenvalue weighted by Gasteiger charge is -2.17. The van der Waals surface area contributed by atoms with Gasteiger partial charge in [0.05, 0.1) is 11.8 Å². The Morgan fingerprint density at radius 2 is 1.71 bits per heavy atom. The molecule has 1 saturated heterocycles. The lowest BCUT2D eigenvalue weighted by atomic mass is 10.1. The van der Waals surface area contributed by atoms with Gasteiger partial charge in [0, 0.05) is 11.4 Å². The van der Waals surface area contributed by atoms with Crippen LogP contribution < -0.4 is 5.32 Å². The quantitative estimate of drug-likeness (QED) is 0.550. The Morgan fingerprint density at radius 1 is 1.03 bits per heavy atom. The summed E-state index contributed by atoms with van der Waals surface area (Å²) < 4.78 is 2.09. The molecule has 0 saturated carbocycles. The van der Waals surface area contributed by atoms with E-state index in [0.717, 1.165) is 53.1 Å². The van der Waals surface area contributed by atoms with Crippen molar-refractivity contribution in [3.63, 3.8) is 0 Å². The number of para-hydroxylation sites is 2. The lowest BCUT2D eigenvalue weighted by molar-refractivity contribution is -0.115. The third-order valence-corrected chi connectivity index (χ3v) is 6.70. The summed E-state index contributed by atoms with van der Waals surface area (Å²) in [6.07, 6.45) is 2.47. The van der Waals surface area contributed by atoms with Gasteiger partial charge in [0.2, 0.25) is 5.91 Å². The van der Waals surface area contributed by atoms with Gasteiger partial charge >= 0.3 is 0 Å². The van der Waals surface area contributed by atoms with Crippen LogP contribution in [0.5, 0.6) is 0 Å². The van der Waals surface area contributed by atoms with Crippen molar-refractivity contribution in [3.05, 3.63) is 65.5 Å². The minimum absolute atomic E-state index is 0.0360. The van der Waals surface area contributed by atoms with E-state index in [9.17, 15) is 4.79 Å². The molecule has 162 valence electrons. The molecule has 0 aliphatic carbocycles. The second kappa shape index (κ2) is 9.66. The third kappa shape index (κ3) is 4.99. The first kappa shape index (κ1) is 21.6. The first-order valence-electron chi connectivity index (χ1n) is 10.8. The minimum Gasteiger partial charge on any atom is -0.325 e. The Morgan fingerprint density at radius 3 is 2.39 bits per heavy atom. The number of aryl methyl sites for hydroxylation is 2. The number of anilines is 1. The molecule has 1 N–H and O–H groups in total. The molecule has 2 aromatic carbocycles. The van der Waals surface area contributed by atoms with E-state index in [1.54, 1.807) is 0 Å². The lowest BCUT2D eigenvalue weighted by Crippen LogP contribution is -2.24. The van der Waals surface area contributed by atoms with Crippen molar-refractivity contribution in [2.24, 2.45) is 0 Å². The van der Waals surface area contributed by atoms with Gasteiger partial charge in [0.25, 0.3) is 0 Å². The molecule has 31 heavy (non-hydrogen) atoms. The summed E-state index contributed by atoms with van der Waals surface area (Å²) in [5.41, 5.74) is 4.03. The van der Waals surface area contributed by atoms with Crippen molar-refractivity contribution < 1.29 is 4.79 Å². The number of carbonyl (C=O) groups is 1. The van der Waals surface area contributed by atoms with E-state index in [2.05, 4.69) is 37.1 Å². The first-order valence-corrected chi connectivity index (χ1v) is 11.7. The fourth-order valence-electron chi connectivity index (χ4n) is 3.90. The Balaban J connectivity index is 1.55. The van der Waals surface area contributed by atoms with Gasteiger partial charge in [-0.2, -0.15) is 0 Å². The van der Waals surface area contributed by atoms with Gasteiger partial charge in [-0.05, 0) is 70.0 Å². The van der Waals surface area contributed by atoms with Crippen molar-refractivity contribution >= 4 is 23.4 Å². The summed E-state index contributed by atoms with van der Waals surface area (Å²) in [5.74, 6) is 0.879. The minimum atomic E-state index is -0.315. The van der Waals surface area contributed by atoms with Crippen LogP contribution in [-0.4, -0.2) is 43.9 Å². The largest absolute Gasteiger partial charge is 0.325 e. The van der Waals surface area contributed by atoms with Gasteiger partial charge < -0.3 is 5.32 Å². The molecule has 1 atom stereocenters. The summed E-state index contributed by atoms with van der Waals surface area (Å²) >= 11 is 1.44. The number of aromatic nitrogens is 3. The first-order chi connectivity index (χ1) is 15.0. The van der Waals surface area contributed by atoms with E-state index >= 15 is 0 Å². The molecule has 1 fully saturated rings. The van der Waals surface area contributed by atoms with Crippen LogP contribution in [0.4, 0.5) is 5.69 Å². The SMILES string of the molecule is Cc1cccc(C)c1NC(=O)C(C)Sc1nnc(CN2CCCC2)n1-c1ccccc1. The van der Waals surface area contributed by atoms with Crippen molar-refractivity contribution in [2.75, 3.05) is 18.4 Å². The molecule has 0 radical (unpaired) electrons. The van der Waals surface area contributed by atoms with E-state index in [1.807, 2.05) is 57.2 Å². The number of hydrogen-bond donors (Lipinski definition) is 1. The summed E-state index contributed by atoms with van der Waals surface area (Å²) in [6.45, 7) is 8.90. The highest BCUT2D eigenvalue weighted by Gasteiger charge is 2.23. The number of rotatable bonds is 7. The maximum absolute atomic E-state index is 13.0. The average Bonchev–Trinajstić information content (AvgIpc) is 3.42. The Bertz CT molecular complexity index is 1020. The predicted molar refractivity (Wildman–Crippen MR) is 126 cm³/mol. The zero-order valence-electron chi connectivity index (χ0n) is 18.3. The van der Waals surface area contributed by atoms with Crippen LogP contribution in [-0.2, 0) is 11.3 Å². The topological polar surface area (TPSA) is 63.1 Å². The van der Waals surface area contributed by atoms with Crippen LogP contribution in [0, 0.1) is 13.8 Å². The fourth-order valence-corrected chi connectivity index (χ4v) is 4.79. The number of nitrogens with one attached hydrogen (secondary N) is 1. The zero-order valence-corrected chi connectivity index (χ0v) is 19.2. The standard InChI is InChI=1S/C24H29N5OS/c1-17-10-9-11-18(2)22(17)25-23(30)19(3)31-24-27-26-21(16-28-14-7-8-15-28)29(24)20-12-5-4-6-13-20/h4-6,9-13,19H,7-8,14-16H2,1-3H3,(H,25,30). The van der Waals surface area contributed by atoms with Crippen molar-refractivity contribution in [1.82, 2.24) is 19.7 Å². The van der Waals surface area contributed by atoms with Gasteiger partial charge in [0.15, 0.2) is 11.0 Å². The Labute approximate surface area is 188 Å². The van der Waals surface area contributed by atoms with Crippen LogP contribution in [0.1, 0.15) is 36.7 Å². The average molecular weight is 436 g/mol. The molecule has 1 aliphatic rings. The van der Waals surface area contributed by atoms with Crippen LogP contribution in [0.3, 0.4) is 0 Å². The maximum Gasteiger partial charge on any atom is 0.237 e. The van der Waals surface area contributed by atoms with E-state index in [1.165, 1.54) is 24.6 Å². The Hall–Kier alpha value is -2.64. The molecule has 1 amide bonds. The Kier molecular flexibility index (Phi) is 6.73. The highest BCUT2D eigenvalue weighted by Crippen LogP contribution is 2.28. The van der Waals surface area contributed by atoms with E-state index < -0.39 is 0 Å². The molecular formula is C24H29N5OS. The summed E-state index contributed by atoms with van der Waals surface area (Å²) in [7, 11) is 0. The number of hydrogen-bond acceptors (Lipinski definition) is 5. The monoisotopic (exact) mass is 435 g/mol. The number of amides is 1. The van der Waals surface area contributed by atoms with E-state index in [-0.39, 0.29) is 11.2 Å². The summed E-state index contributed by atoms with van der Waals surface area (Å²) in [5, 5.41) is 12.5. The molecule has 3 aromatic rings. The molecule has 6 nitrogen and oxygen atoms in total.